The molecule has 1 saturated carbocycles. The number of halogens is 1. The van der Waals surface area contributed by atoms with Crippen molar-refractivity contribution in [3.05, 3.63) is 34.3 Å². The van der Waals surface area contributed by atoms with Gasteiger partial charge in [-0.25, -0.2) is 5.84 Å². The van der Waals surface area contributed by atoms with Crippen LogP contribution in [0.25, 0.3) is 0 Å². The minimum absolute atomic E-state index is 0.0666. The van der Waals surface area contributed by atoms with E-state index in [0.29, 0.717) is 0 Å². The van der Waals surface area contributed by atoms with Crippen LogP contribution in [0.3, 0.4) is 0 Å². The minimum atomic E-state index is -0.418. The van der Waals surface area contributed by atoms with Gasteiger partial charge in [-0.15, -0.1) is 0 Å². The molecule has 0 heterocycles. The Kier molecular flexibility index (Phi) is 3.30. The maximum atomic E-state index is 12.0. The number of nitrogens with one attached hydrogen (secondary N) is 1. The number of hydrogen-bond donors (Lipinski definition) is 2. The lowest BCUT2D eigenvalue weighted by Crippen LogP contribution is -2.45. The number of rotatable bonds is 2. The average molecular weight is 283 g/mol. The third-order valence-corrected chi connectivity index (χ3v) is 3.89. The van der Waals surface area contributed by atoms with Gasteiger partial charge in [0.05, 0.1) is 5.41 Å². The Morgan fingerprint density at radius 1 is 1.38 bits per heavy atom. The first-order valence-electron chi connectivity index (χ1n) is 5.46. The van der Waals surface area contributed by atoms with E-state index in [1.54, 1.807) is 0 Å². The van der Waals surface area contributed by atoms with Crippen LogP contribution in [-0.4, -0.2) is 5.91 Å². The van der Waals surface area contributed by atoms with Crippen LogP contribution in [-0.2, 0) is 10.2 Å². The molecule has 0 unspecified atom stereocenters. The molecular formula is C12H15BrN2O. The predicted molar refractivity (Wildman–Crippen MR) is 66.6 cm³/mol. The van der Waals surface area contributed by atoms with Crippen molar-refractivity contribution in [2.75, 3.05) is 0 Å². The molecule has 1 aliphatic rings. The van der Waals surface area contributed by atoms with Gasteiger partial charge in [-0.05, 0) is 30.5 Å². The van der Waals surface area contributed by atoms with E-state index in [4.69, 9.17) is 5.84 Å². The maximum absolute atomic E-state index is 12.0. The Labute approximate surface area is 104 Å². The number of nitrogens with two attached hydrogens (primary N) is 1. The molecule has 4 heteroatoms. The number of hydrazine groups is 1. The van der Waals surface area contributed by atoms with Gasteiger partial charge in [0, 0.05) is 4.47 Å². The van der Waals surface area contributed by atoms with Crippen molar-refractivity contribution in [1.82, 2.24) is 5.43 Å². The largest absolute Gasteiger partial charge is 0.293 e. The highest BCUT2D eigenvalue weighted by molar-refractivity contribution is 9.10. The molecule has 1 aliphatic carbocycles. The molecule has 0 radical (unpaired) electrons. The molecule has 1 aromatic carbocycles. The van der Waals surface area contributed by atoms with Gasteiger partial charge in [-0.3, -0.25) is 10.2 Å². The van der Waals surface area contributed by atoms with Gasteiger partial charge in [-0.2, -0.15) is 0 Å². The molecule has 0 bridgehead atoms. The number of benzene rings is 1. The second-order valence-corrected chi connectivity index (χ2v) is 5.19. The minimum Gasteiger partial charge on any atom is -0.293 e. The quantitative estimate of drug-likeness (QED) is 0.497. The van der Waals surface area contributed by atoms with Crippen molar-refractivity contribution in [3.63, 3.8) is 0 Å². The summed E-state index contributed by atoms with van der Waals surface area (Å²) in [6, 6.07) is 7.95. The molecule has 0 spiro atoms. The first-order valence-corrected chi connectivity index (χ1v) is 6.25. The molecule has 3 N–H and O–H groups in total. The molecule has 0 atom stereocenters. The van der Waals surface area contributed by atoms with E-state index in [1.807, 2.05) is 24.3 Å². The van der Waals surface area contributed by atoms with Crippen molar-refractivity contribution in [1.29, 1.82) is 0 Å². The highest BCUT2D eigenvalue weighted by atomic mass is 79.9. The van der Waals surface area contributed by atoms with E-state index < -0.39 is 5.41 Å². The lowest BCUT2D eigenvalue weighted by atomic mass is 9.78. The predicted octanol–water partition coefficient (Wildman–Crippen LogP) is 2.25. The van der Waals surface area contributed by atoms with Gasteiger partial charge in [0.15, 0.2) is 0 Å². The van der Waals surface area contributed by atoms with E-state index in [1.165, 1.54) is 0 Å². The molecule has 0 aliphatic heterocycles. The fraction of sp³-hybridized carbons (Fsp3) is 0.417. The highest BCUT2D eigenvalue weighted by Gasteiger charge is 2.42. The summed E-state index contributed by atoms with van der Waals surface area (Å²) in [5.41, 5.74) is 2.95. The fourth-order valence-electron chi connectivity index (χ4n) is 2.55. The van der Waals surface area contributed by atoms with Crippen LogP contribution < -0.4 is 11.3 Å². The molecule has 3 nitrogen and oxygen atoms in total. The van der Waals surface area contributed by atoms with Gasteiger partial charge < -0.3 is 0 Å². The van der Waals surface area contributed by atoms with Crippen LogP contribution in [0.5, 0.6) is 0 Å². The van der Waals surface area contributed by atoms with Crippen molar-refractivity contribution in [3.8, 4) is 0 Å². The fourth-order valence-corrected chi connectivity index (χ4v) is 2.95. The highest BCUT2D eigenvalue weighted by Crippen LogP contribution is 2.41. The van der Waals surface area contributed by atoms with Crippen LogP contribution in [0.2, 0.25) is 0 Å². The van der Waals surface area contributed by atoms with Crippen molar-refractivity contribution < 1.29 is 4.79 Å². The number of amides is 1. The lowest BCUT2D eigenvalue weighted by Gasteiger charge is -2.27. The monoisotopic (exact) mass is 282 g/mol. The van der Waals surface area contributed by atoms with Crippen molar-refractivity contribution in [2.24, 2.45) is 5.84 Å². The van der Waals surface area contributed by atoms with Crippen LogP contribution in [0.1, 0.15) is 31.2 Å². The van der Waals surface area contributed by atoms with Gasteiger partial charge in [0.2, 0.25) is 5.91 Å². The second-order valence-electron chi connectivity index (χ2n) is 4.27. The molecule has 1 fully saturated rings. The lowest BCUT2D eigenvalue weighted by molar-refractivity contribution is -0.126. The van der Waals surface area contributed by atoms with Crippen LogP contribution >= 0.6 is 15.9 Å². The first kappa shape index (κ1) is 11.6. The standard InChI is InChI=1S/C12H15BrN2O/c13-10-5-3-4-9(8-10)12(11(16)15-14)6-1-2-7-12/h3-5,8H,1-2,6-7,14H2,(H,15,16). The van der Waals surface area contributed by atoms with Gasteiger partial charge in [0.25, 0.3) is 0 Å². The first-order chi connectivity index (χ1) is 7.69. The third kappa shape index (κ3) is 1.87. The summed E-state index contributed by atoms with van der Waals surface area (Å²) in [5.74, 6) is 5.23. The van der Waals surface area contributed by atoms with Gasteiger partial charge >= 0.3 is 0 Å². The average Bonchev–Trinajstić information content (AvgIpc) is 2.78. The number of carbonyl (C=O) groups is 1. The van der Waals surface area contributed by atoms with Crippen molar-refractivity contribution in [2.45, 2.75) is 31.1 Å². The second kappa shape index (κ2) is 4.55. The Bertz CT molecular complexity index is 400. The summed E-state index contributed by atoms with van der Waals surface area (Å²) >= 11 is 3.44. The zero-order valence-corrected chi connectivity index (χ0v) is 10.6. The topological polar surface area (TPSA) is 55.1 Å². The van der Waals surface area contributed by atoms with Crippen LogP contribution in [0.4, 0.5) is 0 Å². The SMILES string of the molecule is NNC(=O)C1(c2cccc(Br)c2)CCCC1. The molecular weight excluding hydrogens is 268 g/mol. The van der Waals surface area contributed by atoms with Crippen LogP contribution in [0.15, 0.2) is 28.7 Å². The molecule has 86 valence electrons. The number of hydrogen-bond acceptors (Lipinski definition) is 2. The van der Waals surface area contributed by atoms with E-state index >= 15 is 0 Å². The number of carbonyl (C=O) groups excluding carboxylic acids is 1. The molecule has 2 rings (SSSR count). The normalized spacial score (nSPS) is 18.4. The summed E-state index contributed by atoms with van der Waals surface area (Å²) in [6.07, 6.45) is 3.93. The van der Waals surface area contributed by atoms with E-state index in [-0.39, 0.29) is 5.91 Å². The smallest absolute Gasteiger partial charge is 0.244 e. The van der Waals surface area contributed by atoms with Gasteiger partial charge in [-0.1, -0.05) is 40.9 Å². The zero-order valence-electron chi connectivity index (χ0n) is 9.00. The molecule has 16 heavy (non-hydrogen) atoms. The Morgan fingerprint density at radius 3 is 2.62 bits per heavy atom. The summed E-state index contributed by atoms with van der Waals surface area (Å²) in [4.78, 5) is 12.0. The van der Waals surface area contributed by atoms with E-state index in [2.05, 4.69) is 21.4 Å². The Morgan fingerprint density at radius 2 is 2.06 bits per heavy atom. The summed E-state index contributed by atoms with van der Waals surface area (Å²) in [6.45, 7) is 0. The Balaban J connectivity index is 2.43. The zero-order chi connectivity index (χ0) is 11.6. The molecule has 1 aromatic rings. The van der Waals surface area contributed by atoms with Crippen LogP contribution in [0, 0.1) is 0 Å². The Hall–Kier alpha value is -0.870. The summed E-state index contributed by atoms with van der Waals surface area (Å²) in [7, 11) is 0. The summed E-state index contributed by atoms with van der Waals surface area (Å²) < 4.78 is 1.00. The van der Waals surface area contributed by atoms with Crippen molar-refractivity contribution >= 4 is 21.8 Å². The molecule has 0 aromatic heterocycles. The third-order valence-electron chi connectivity index (χ3n) is 3.40. The van der Waals surface area contributed by atoms with E-state index in [0.717, 1.165) is 35.7 Å². The van der Waals surface area contributed by atoms with E-state index in [9.17, 15) is 4.79 Å². The molecule has 0 saturated heterocycles. The summed E-state index contributed by atoms with van der Waals surface area (Å²) in [5, 5.41) is 0. The maximum Gasteiger partial charge on any atom is 0.244 e. The van der Waals surface area contributed by atoms with Gasteiger partial charge in [0.1, 0.15) is 0 Å². The molecule has 1 amide bonds.